The Hall–Kier alpha value is -3.46. The maximum atomic E-state index is 12.3. The molecule has 3 heteroatoms. The van der Waals surface area contributed by atoms with E-state index in [0.717, 1.165) is 36.0 Å². The highest BCUT2D eigenvalue weighted by Crippen LogP contribution is 2.23. The third kappa shape index (κ3) is 6.85. The van der Waals surface area contributed by atoms with Gasteiger partial charge in [0.1, 0.15) is 0 Å². The van der Waals surface area contributed by atoms with Gasteiger partial charge in [0, 0.05) is 24.5 Å². The number of pyridine rings is 1. The van der Waals surface area contributed by atoms with Crippen molar-refractivity contribution in [1.29, 1.82) is 0 Å². The molecule has 30 heavy (non-hydrogen) atoms. The fourth-order valence-electron chi connectivity index (χ4n) is 3.35. The molecule has 0 saturated heterocycles. The molecule has 2 aromatic carbocycles. The topological polar surface area (TPSA) is 42.0 Å². The highest BCUT2D eigenvalue weighted by atomic mass is 16.1. The van der Waals surface area contributed by atoms with Crippen molar-refractivity contribution in [2.75, 3.05) is 0 Å². The summed E-state index contributed by atoms with van der Waals surface area (Å²) in [6.07, 6.45) is 12.0. The Balaban J connectivity index is 1.56. The molecule has 1 aromatic heterocycles. The molecule has 3 rings (SSSR count). The van der Waals surface area contributed by atoms with Gasteiger partial charge in [0.15, 0.2) is 0 Å². The average molecular weight is 397 g/mol. The van der Waals surface area contributed by atoms with Crippen LogP contribution in [0.5, 0.6) is 0 Å². The fraction of sp³-hybridized carbons (Fsp3) is 0.185. The van der Waals surface area contributed by atoms with Crippen LogP contribution >= 0.6 is 0 Å². The standard InChI is InChI=1S/C27H28N2O/c1-22(11-8-12-23-13-10-20-28-21-23)29-27(30)19-9-18-26(24-14-4-2-5-15-24)25-16-6-3-7-17-25/h2-7,9-10,13-22H,8,11-12H2,1H3,(H,29,30)/t22-/m1/s1. The Morgan fingerprint density at radius 3 is 2.23 bits per heavy atom. The lowest BCUT2D eigenvalue weighted by Crippen LogP contribution is -2.31. The third-order valence-electron chi connectivity index (χ3n) is 4.89. The lowest BCUT2D eigenvalue weighted by Gasteiger charge is -2.12. The highest BCUT2D eigenvalue weighted by molar-refractivity contribution is 5.89. The summed E-state index contributed by atoms with van der Waals surface area (Å²) in [5, 5.41) is 3.05. The summed E-state index contributed by atoms with van der Waals surface area (Å²) in [6.45, 7) is 2.05. The van der Waals surface area contributed by atoms with Gasteiger partial charge in [0.25, 0.3) is 0 Å². The average Bonchev–Trinajstić information content (AvgIpc) is 2.78. The van der Waals surface area contributed by atoms with Crippen molar-refractivity contribution in [3.63, 3.8) is 0 Å². The van der Waals surface area contributed by atoms with Crippen molar-refractivity contribution in [1.82, 2.24) is 10.3 Å². The van der Waals surface area contributed by atoms with Crippen LogP contribution in [-0.2, 0) is 11.2 Å². The minimum absolute atomic E-state index is 0.0689. The van der Waals surface area contributed by atoms with Gasteiger partial charge in [-0.15, -0.1) is 0 Å². The van der Waals surface area contributed by atoms with Gasteiger partial charge in [-0.1, -0.05) is 78.9 Å². The van der Waals surface area contributed by atoms with Gasteiger partial charge in [-0.2, -0.15) is 0 Å². The molecule has 1 atom stereocenters. The number of hydrogen-bond acceptors (Lipinski definition) is 2. The van der Waals surface area contributed by atoms with Crippen molar-refractivity contribution in [3.05, 3.63) is 120 Å². The van der Waals surface area contributed by atoms with E-state index in [2.05, 4.69) is 40.6 Å². The highest BCUT2D eigenvalue weighted by Gasteiger charge is 2.06. The number of aromatic nitrogens is 1. The number of benzene rings is 2. The predicted octanol–water partition coefficient (Wildman–Crippen LogP) is 5.60. The monoisotopic (exact) mass is 396 g/mol. The molecule has 0 fully saturated rings. The molecule has 0 saturated carbocycles. The van der Waals surface area contributed by atoms with E-state index in [1.807, 2.05) is 67.7 Å². The second kappa shape index (κ2) is 11.5. The maximum absolute atomic E-state index is 12.3. The molecule has 0 unspecified atom stereocenters. The van der Waals surface area contributed by atoms with Crippen molar-refractivity contribution in [3.8, 4) is 0 Å². The summed E-state index contributed by atoms with van der Waals surface area (Å²) in [5.74, 6) is -0.0689. The van der Waals surface area contributed by atoms with E-state index in [9.17, 15) is 4.79 Å². The van der Waals surface area contributed by atoms with Crippen LogP contribution in [0.3, 0.4) is 0 Å². The molecular weight excluding hydrogens is 368 g/mol. The summed E-state index contributed by atoms with van der Waals surface area (Å²) in [4.78, 5) is 16.4. The number of carbonyl (C=O) groups excluding carboxylic acids is 1. The summed E-state index contributed by atoms with van der Waals surface area (Å²) in [6, 6.07) is 24.6. The molecule has 1 N–H and O–H groups in total. The second-order valence-corrected chi connectivity index (χ2v) is 7.33. The minimum atomic E-state index is -0.0689. The number of hydrogen-bond donors (Lipinski definition) is 1. The van der Waals surface area contributed by atoms with E-state index in [4.69, 9.17) is 0 Å². The Labute approximate surface area is 179 Å². The van der Waals surface area contributed by atoms with E-state index < -0.39 is 0 Å². The third-order valence-corrected chi connectivity index (χ3v) is 4.89. The zero-order valence-electron chi connectivity index (χ0n) is 17.4. The normalized spacial score (nSPS) is 11.8. The molecule has 0 radical (unpaired) electrons. The molecule has 0 bridgehead atoms. The van der Waals surface area contributed by atoms with Crippen LogP contribution in [0.25, 0.3) is 5.57 Å². The molecule has 1 amide bonds. The number of aryl methyl sites for hydroxylation is 1. The Morgan fingerprint density at radius 2 is 1.63 bits per heavy atom. The zero-order valence-corrected chi connectivity index (χ0v) is 17.4. The van der Waals surface area contributed by atoms with Crippen LogP contribution in [0.2, 0.25) is 0 Å². The van der Waals surface area contributed by atoms with Crippen molar-refractivity contribution >= 4 is 11.5 Å². The van der Waals surface area contributed by atoms with E-state index >= 15 is 0 Å². The van der Waals surface area contributed by atoms with E-state index in [-0.39, 0.29) is 11.9 Å². The van der Waals surface area contributed by atoms with E-state index in [0.29, 0.717) is 0 Å². The number of nitrogens with one attached hydrogen (secondary N) is 1. The van der Waals surface area contributed by atoms with Crippen LogP contribution < -0.4 is 5.32 Å². The number of carbonyl (C=O) groups is 1. The molecule has 3 aromatic rings. The van der Waals surface area contributed by atoms with Gasteiger partial charge in [0.05, 0.1) is 0 Å². The van der Waals surface area contributed by atoms with Crippen LogP contribution in [0, 0.1) is 0 Å². The lowest BCUT2D eigenvalue weighted by molar-refractivity contribution is -0.117. The maximum Gasteiger partial charge on any atom is 0.244 e. The summed E-state index contributed by atoms with van der Waals surface area (Å²) in [7, 11) is 0. The first-order valence-corrected chi connectivity index (χ1v) is 10.4. The van der Waals surface area contributed by atoms with Gasteiger partial charge in [0.2, 0.25) is 5.91 Å². The predicted molar refractivity (Wildman–Crippen MR) is 124 cm³/mol. The summed E-state index contributed by atoms with van der Waals surface area (Å²) >= 11 is 0. The van der Waals surface area contributed by atoms with Gasteiger partial charge < -0.3 is 5.32 Å². The number of rotatable bonds is 9. The lowest BCUT2D eigenvalue weighted by atomic mass is 9.97. The van der Waals surface area contributed by atoms with Gasteiger partial charge in [-0.25, -0.2) is 0 Å². The fourth-order valence-corrected chi connectivity index (χ4v) is 3.35. The summed E-state index contributed by atoms with van der Waals surface area (Å²) < 4.78 is 0. The molecule has 0 aliphatic carbocycles. The molecule has 3 nitrogen and oxygen atoms in total. The largest absolute Gasteiger partial charge is 0.350 e. The van der Waals surface area contributed by atoms with Gasteiger partial charge in [-0.05, 0) is 54.5 Å². The Bertz CT molecular complexity index is 922. The van der Waals surface area contributed by atoms with Crippen LogP contribution in [0.4, 0.5) is 0 Å². The molecule has 152 valence electrons. The minimum Gasteiger partial charge on any atom is -0.350 e. The summed E-state index contributed by atoms with van der Waals surface area (Å²) in [5.41, 5.74) is 4.57. The number of amides is 1. The van der Waals surface area contributed by atoms with Crippen molar-refractivity contribution in [2.45, 2.75) is 32.2 Å². The molecular formula is C27H28N2O. The van der Waals surface area contributed by atoms with Gasteiger partial charge >= 0.3 is 0 Å². The first-order valence-electron chi connectivity index (χ1n) is 10.4. The SMILES string of the molecule is C[C@H](CCCc1cccnc1)NC(=O)C=CC=C(c1ccccc1)c1ccccc1. The van der Waals surface area contributed by atoms with Gasteiger partial charge in [-0.3, -0.25) is 9.78 Å². The molecule has 0 aliphatic heterocycles. The van der Waals surface area contributed by atoms with Crippen LogP contribution in [0.1, 0.15) is 36.5 Å². The van der Waals surface area contributed by atoms with E-state index in [1.165, 1.54) is 5.56 Å². The Kier molecular flexibility index (Phi) is 8.16. The zero-order chi connectivity index (χ0) is 21.0. The molecule has 0 spiro atoms. The Morgan fingerprint density at radius 1 is 0.967 bits per heavy atom. The number of allylic oxidation sites excluding steroid dienone is 2. The van der Waals surface area contributed by atoms with Crippen LogP contribution in [-0.4, -0.2) is 16.9 Å². The first-order chi connectivity index (χ1) is 14.7. The van der Waals surface area contributed by atoms with Crippen molar-refractivity contribution < 1.29 is 4.79 Å². The smallest absolute Gasteiger partial charge is 0.244 e. The van der Waals surface area contributed by atoms with Crippen molar-refractivity contribution in [2.24, 2.45) is 0 Å². The molecule has 1 heterocycles. The quantitative estimate of drug-likeness (QED) is 0.378. The van der Waals surface area contributed by atoms with E-state index in [1.54, 1.807) is 12.3 Å². The van der Waals surface area contributed by atoms with Crippen LogP contribution in [0.15, 0.2) is 103 Å². The molecule has 0 aliphatic rings. The second-order valence-electron chi connectivity index (χ2n) is 7.33. The number of nitrogens with zero attached hydrogens (tertiary/aromatic N) is 1. The first kappa shape index (κ1) is 21.3.